The van der Waals surface area contributed by atoms with Crippen molar-refractivity contribution in [2.45, 2.75) is 177 Å². The summed E-state index contributed by atoms with van der Waals surface area (Å²) in [5, 5.41) is 1.72. The lowest BCUT2D eigenvalue weighted by molar-refractivity contribution is -0.156. The van der Waals surface area contributed by atoms with Crippen LogP contribution < -0.4 is 28.4 Å². The van der Waals surface area contributed by atoms with E-state index >= 15 is 0 Å². The van der Waals surface area contributed by atoms with Gasteiger partial charge in [-0.1, -0.05) is 65.5 Å². The van der Waals surface area contributed by atoms with Gasteiger partial charge in [0.1, 0.15) is 67.3 Å². The van der Waals surface area contributed by atoms with Crippen LogP contribution in [0.2, 0.25) is 0 Å². The van der Waals surface area contributed by atoms with E-state index in [1.54, 1.807) is 14.2 Å². The summed E-state index contributed by atoms with van der Waals surface area (Å²) in [6.45, 7) is 17.3. The van der Waals surface area contributed by atoms with Crippen LogP contribution in [0, 0.1) is 0 Å². The second-order valence-electron chi connectivity index (χ2n) is 19.2. The van der Waals surface area contributed by atoms with Crippen LogP contribution in [-0.2, 0) is 71.2 Å². The number of esters is 2. The van der Waals surface area contributed by atoms with E-state index in [2.05, 4.69) is 27.7 Å². The molecular formula is C61H78N2O10. The van der Waals surface area contributed by atoms with Gasteiger partial charge in [0.15, 0.2) is 0 Å². The van der Waals surface area contributed by atoms with Crippen molar-refractivity contribution in [3.05, 3.63) is 118 Å². The fourth-order valence-corrected chi connectivity index (χ4v) is 9.00. The van der Waals surface area contributed by atoms with Crippen LogP contribution in [0.15, 0.2) is 73.1 Å². The summed E-state index contributed by atoms with van der Waals surface area (Å²) in [6.07, 6.45) is 14.1. The van der Waals surface area contributed by atoms with Crippen LogP contribution in [0.5, 0.6) is 34.5 Å². The van der Waals surface area contributed by atoms with E-state index < -0.39 is 18.4 Å². The van der Waals surface area contributed by atoms with Crippen molar-refractivity contribution in [2.75, 3.05) is 14.2 Å². The van der Waals surface area contributed by atoms with E-state index in [1.807, 2.05) is 101 Å². The number of hydrogen-bond acceptors (Lipinski definition) is 12. The molecule has 4 aromatic carbocycles. The van der Waals surface area contributed by atoms with Crippen molar-refractivity contribution in [3.63, 3.8) is 0 Å². The van der Waals surface area contributed by atoms with Gasteiger partial charge in [-0.25, -0.2) is 0 Å². The minimum atomic E-state index is -0.638. The molecule has 0 aliphatic rings. The average Bonchev–Trinajstić information content (AvgIpc) is 3.38. The summed E-state index contributed by atoms with van der Waals surface area (Å²) in [6, 6.07) is 19.4. The summed E-state index contributed by atoms with van der Waals surface area (Å²) >= 11 is 0. The minimum absolute atomic E-state index is 0.0331. The van der Waals surface area contributed by atoms with Gasteiger partial charge in [-0.15, -0.1) is 0 Å². The molecule has 0 N–H and O–H groups in total. The van der Waals surface area contributed by atoms with E-state index in [4.69, 9.17) is 47.9 Å². The zero-order chi connectivity index (χ0) is 52.3. The van der Waals surface area contributed by atoms with Gasteiger partial charge in [0.2, 0.25) is 0 Å². The molecule has 12 heteroatoms. The maximum Gasteiger partial charge on any atom is 0.317 e. The van der Waals surface area contributed by atoms with Crippen molar-refractivity contribution >= 4 is 33.7 Å². The second-order valence-corrected chi connectivity index (χ2v) is 19.2. The Kier molecular flexibility index (Phi) is 21.4. The highest BCUT2D eigenvalue weighted by molar-refractivity contribution is 5.91. The molecule has 0 aliphatic carbocycles. The van der Waals surface area contributed by atoms with Crippen molar-refractivity contribution in [3.8, 4) is 34.5 Å². The predicted octanol–water partition coefficient (Wildman–Crippen LogP) is 14.1. The molecule has 0 radical (unpaired) electrons. The molecule has 0 fully saturated rings. The van der Waals surface area contributed by atoms with Crippen molar-refractivity contribution in [1.29, 1.82) is 0 Å². The molecule has 0 amide bonds. The Morgan fingerprint density at radius 2 is 0.863 bits per heavy atom. The number of benzene rings is 4. The van der Waals surface area contributed by atoms with Crippen molar-refractivity contribution < 1.29 is 47.5 Å². The maximum absolute atomic E-state index is 13.4. The van der Waals surface area contributed by atoms with Gasteiger partial charge in [-0.3, -0.25) is 19.6 Å². The molecule has 0 spiro atoms. The summed E-state index contributed by atoms with van der Waals surface area (Å²) in [4.78, 5) is 36.2. The summed E-state index contributed by atoms with van der Waals surface area (Å²) < 4.78 is 48.8. The first-order valence-electron chi connectivity index (χ1n) is 26.5. The molecule has 6 aromatic rings. The number of methoxy groups -OCH3 is 2. The number of nitrogens with zero attached hydrogens (tertiary/aromatic N) is 2. The molecule has 0 bridgehead atoms. The Bertz CT molecular complexity index is 2580. The topological polar surface area (TPSA) is 134 Å². The van der Waals surface area contributed by atoms with Gasteiger partial charge < -0.3 is 37.9 Å². The molecular weight excluding hydrogens is 921 g/mol. The van der Waals surface area contributed by atoms with E-state index in [0.717, 1.165) is 178 Å². The van der Waals surface area contributed by atoms with E-state index in [9.17, 15) is 9.59 Å². The highest BCUT2D eigenvalue weighted by Gasteiger charge is 2.22. The van der Waals surface area contributed by atoms with Crippen LogP contribution in [0.1, 0.15) is 158 Å². The zero-order valence-corrected chi connectivity index (χ0v) is 45.1. The van der Waals surface area contributed by atoms with Crippen LogP contribution in [0.25, 0.3) is 21.8 Å². The van der Waals surface area contributed by atoms with Gasteiger partial charge in [0.05, 0.1) is 48.6 Å². The van der Waals surface area contributed by atoms with Crippen molar-refractivity contribution in [2.24, 2.45) is 0 Å². The lowest BCUT2D eigenvalue weighted by Gasteiger charge is -2.21. The third-order valence-electron chi connectivity index (χ3n) is 12.8. The molecule has 2 heterocycles. The number of ether oxygens (including phenoxy) is 8. The lowest BCUT2D eigenvalue weighted by atomic mass is 9.92. The third-order valence-corrected chi connectivity index (χ3v) is 12.8. The largest absolute Gasteiger partial charge is 0.497 e. The number of pyridine rings is 2. The first kappa shape index (κ1) is 55.7. The predicted molar refractivity (Wildman–Crippen MR) is 288 cm³/mol. The number of fused-ring (bicyclic) bond motifs is 2. The number of carbonyl (C=O) groups is 2. The Balaban J connectivity index is 1.16. The summed E-state index contributed by atoms with van der Waals surface area (Å²) in [5.74, 6) is 3.17. The Morgan fingerprint density at radius 1 is 0.479 bits per heavy atom. The SMILES string of the molecule is CCCCc1c(COC(=O)CC(=O)OCc2ccc(OCc3cnc4ccc(OC)cc4c3OC(C)C)c(CCCC)c2CCCC)ccc(OCc2cnc3ccc(OC)cc3c2OC(C)C)c1CCCC. The number of aromatic nitrogens is 2. The Hall–Kier alpha value is -6.56. The van der Waals surface area contributed by atoms with E-state index in [1.165, 1.54) is 0 Å². The number of hydrogen-bond donors (Lipinski definition) is 0. The van der Waals surface area contributed by atoms with Crippen LogP contribution in [-0.4, -0.2) is 48.3 Å². The first-order valence-corrected chi connectivity index (χ1v) is 26.5. The lowest BCUT2D eigenvalue weighted by Crippen LogP contribution is -2.16. The van der Waals surface area contributed by atoms with Crippen molar-refractivity contribution in [1.82, 2.24) is 9.97 Å². The monoisotopic (exact) mass is 999 g/mol. The molecule has 0 saturated heterocycles. The smallest absolute Gasteiger partial charge is 0.317 e. The standard InChI is InChI=1S/C61H78N2O10/c1-11-15-19-48-42(23-29-56(50(48)21-17-13-3)68-38-44-34-62-54-27-25-46(66-9)31-52(54)60(44)72-40(5)6)36-70-58(64)33-59(65)71-37-43-24-30-57(51(22-18-14-4)49(43)20-16-12-2)69-39-45-35-63-55-28-26-47(67-10)32-53(55)61(45)73-41(7)8/h23-32,34-35,40-41H,11-22,33,36-39H2,1-10H3. The molecule has 0 aliphatic heterocycles. The minimum Gasteiger partial charge on any atom is -0.497 e. The molecule has 2 aromatic heterocycles. The van der Waals surface area contributed by atoms with Crippen LogP contribution in [0.4, 0.5) is 0 Å². The van der Waals surface area contributed by atoms with Gasteiger partial charge in [-0.05, 0) is 161 Å². The van der Waals surface area contributed by atoms with E-state index in [0.29, 0.717) is 0 Å². The number of unbranched alkanes of at least 4 members (excludes halogenated alkanes) is 4. The first-order chi connectivity index (χ1) is 35.4. The summed E-state index contributed by atoms with van der Waals surface area (Å²) in [5.41, 5.74) is 9.53. The van der Waals surface area contributed by atoms with Gasteiger partial charge in [-0.2, -0.15) is 0 Å². The molecule has 6 rings (SSSR count). The quantitative estimate of drug-likeness (QED) is 0.0314. The number of rotatable bonds is 30. The third kappa shape index (κ3) is 15.2. The number of carbonyl (C=O) groups excluding carboxylic acids is 2. The molecule has 73 heavy (non-hydrogen) atoms. The molecule has 392 valence electrons. The molecule has 0 atom stereocenters. The average molecular weight is 999 g/mol. The zero-order valence-electron chi connectivity index (χ0n) is 45.1. The second kappa shape index (κ2) is 28.0. The van der Waals surface area contributed by atoms with Crippen LogP contribution >= 0.6 is 0 Å². The van der Waals surface area contributed by atoms with E-state index in [-0.39, 0.29) is 38.6 Å². The Labute approximate surface area is 433 Å². The molecule has 0 unspecified atom stereocenters. The summed E-state index contributed by atoms with van der Waals surface area (Å²) in [7, 11) is 3.29. The van der Waals surface area contributed by atoms with Gasteiger partial charge in [0, 0.05) is 23.2 Å². The molecule has 0 saturated carbocycles. The molecule has 12 nitrogen and oxygen atoms in total. The van der Waals surface area contributed by atoms with Gasteiger partial charge in [0.25, 0.3) is 0 Å². The fraction of sp³-hybridized carbons (Fsp3) is 0.475. The highest BCUT2D eigenvalue weighted by atomic mass is 16.6. The van der Waals surface area contributed by atoms with Gasteiger partial charge >= 0.3 is 11.9 Å². The Morgan fingerprint density at radius 3 is 1.22 bits per heavy atom. The normalized spacial score (nSPS) is 11.3. The van der Waals surface area contributed by atoms with Crippen LogP contribution in [0.3, 0.4) is 0 Å². The fourth-order valence-electron chi connectivity index (χ4n) is 9.00. The maximum atomic E-state index is 13.4. The highest BCUT2D eigenvalue weighted by Crippen LogP contribution is 2.37.